The van der Waals surface area contributed by atoms with Gasteiger partial charge in [0.2, 0.25) is 11.8 Å². The van der Waals surface area contributed by atoms with Crippen LogP contribution >= 0.6 is 11.6 Å². The molecule has 0 aliphatic heterocycles. The van der Waals surface area contributed by atoms with Crippen molar-refractivity contribution >= 4 is 29.1 Å². The van der Waals surface area contributed by atoms with Crippen molar-refractivity contribution in [2.45, 2.75) is 26.0 Å². The van der Waals surface area contributed by atoms with E-state index < -0.39 is 12.7 Å². The van der Waals surface area contributed by atoms with Gasteiger partial charge in [0.15, 0.2) is 0 Å². The number of carbonyl (C=O) groups is 2. The van der Waals surface area contributed by atoms with Crippen LogP contribution in [0, 0.1) is 0 Å². The first-order valence-corrected chi connectivity index (χ1v) is 8.09. The molecule has 2 N–H and O–H groups in total. The third kappa shape index (κ3) is 6.00. The van der Waals surface area contributed by atoms with Gasteiger partial charge in [0.05, 0.1) is 17.5 Å². The summed E-state index contributed by atoms with van der Waals surface area (Å²) >= 11 is 5.86. The normalized spacial score (nSPS) is 11.7. The highest BCUT2D eigenvalue weighted by atomic mass is 35.5. The molecule has 0 fully saturated rings. The van der Waals surface area contributed by atoms with Crippen molar-refractivity contribution in [2.24, 2.45) is 0 Å². The molecule has 0 spiro atoms. The predicted octanol–water partition coefficient (Wildman–Crippen LogP) is 4.15. The van der Waals surface area contributed by atoms with Crippen LogP contribution in [-0.4, -0.2) is 18.4 Å². The Morgan fingerprint density at radius 2 is 1.85 bits per heavy atom. The van der Waals surface area contributed by atoms with Crippen molar-refractivity contribution in [3.63, 3.8) is 0 Å². The summed E-state index contributed by atoms with van der Waals surface area (Å²) in [5.74, 6) is -0.811. The standard InChI is InChI=1S/C18H17ClF2N2O3/c1-11(24)22-15(12-5-3-2-4-6-12)10-17(25)23-13-7-8-16(14(19)9-13)26-18(20)21/h2-9,15,18H,10H2,1H3,(H,22,24)(H,23,25). The number of nitrogens with one attached hydrogen (secondary N) is 2. The van der Waals surface area contributed by atoms with Gasteiger partial charge < -0.3 is 15.4 Å². The van der Waals surface area contributed by atoms with Crippen molar-refractivity contribution in [1.29, 1.82) is 0 Å². The zero-order chi connectivity index (χ0) is 19.1. The monoisotopic (exact) mass is 382 g/mol. The Kier molecular flexibility index (Phi) is 6.91. The van der Waals surface area contributed by atoms with E-state index in [1.807, 2.05) is 18.2 Å². The number of halogens is 3. The molecular formula is C18H17ClF2N2O3. The first-order chi connectivity index (χ1) is 12.3. The Bertz CT molecular complexity index is 772. The Morgan fingerprint density at radius 3 is 2.42 bits per heavy atom. The first kappa shape index (κ1) is 19.7. The second kappa shape index (κ2) is 9.15. The van der Waals surface area contributed by atoms with Crippen LogP contribution in [-0.2, 0) is 9.59 Å². The maximum Gasteiger partial charge on any atom is 0.387 e. The first-order valence-electron chi connectivity index (χ1n) is 7.71. The number of anilines is 1. The van der Waals surface area contributed by atoms with Crippen molar-refractivity contribution in [2.75, 3.05) is 5.32 Å². The fourth-order valence-electron chi connectivity index (χ4n) is 2.35. The highest BCUT2D eigenvalue weighted by Gasteiger charge is 2.17. The lowest BCUT2D eigenvalue weighted by Crippen LogP contribution is -2.29. The molecule has 0 aromatic heterocycles. The highest BCUT2D eigenvalue weighted by molar-refractivity contribution is 6.32. The quantitative estimate of drug-likeness (QED) is 0.756. The molecule has 2 rings (SSSR count). The Hall–Kier alpha value is -2.67. The molecule has 26 heavy (non-hydrogen) atoms. The van der Waals surface area contributed by atoms with Gasteiger partial charge in [0, 0.05) is 12.6 Å². The zero-order valence-electron chi connectivity index (χ0n) is 13.8. The summed E-state index contributed by atoms with van der Waals surface area (Å²) in [6, 6.07) is 12.5. The third-order valence-electron chi connectivity index (χ3n) is 3.40. The minimum Gasteiger partial charge on any atom is -0.433 e. The Balaban J connectivity index is 2.06. The van der Waals surface area contributed by atoms with Crippen LogP contribution in [0.4, 0.5) is 14.5 Å². The Labute approximate surface area is 154 Å². The molecule has 0 radical (unpaired) electrons. The molecule has 0 saturated carbocycles. The molecule has 0 bridgehead atoms. The minimum atomic E-state index is -2.99. The van der Waals surface area contributed by atoms with Gasteiger partial charge in [-0.25, -0.2) is 0 Å². The molecule has 0 aliphatic rings. The number of hydrogen-bond donors (Lipinski definition) is 2. The maximum absolute atomic E-state index is 12.3. The average molecular weight is 383 g/mol. The molecule has 0 heterocycles. The number of ether oxygens (including phenoxy) is 1. The number of carbonyl (C=O) groups excluding carboxylic acids is 2. The number of hydrogen-bond acceptors (Lipinski definition) is 3. The number of benzene rings is 2. The number of amides is 2. The predicted molar refractivity (Wildman–Crippen MR) is 94.3 cm³/mol. The van der Waals surface area contributed by atoms with Gasteiger partial charge in [0.1, 0.15) is 5.75 Å². The maximum atomic E-state index is 12.3. The lowest BCUT2D eigenvalue weighted by Gasteiger charge is -2.18. The van der Waals surface area contributed by atoms with Gasteiger partial charge in [-0.2, -0.15) is 8.78 Å². The highest BCUT2D eigenvalue weighted by Crippen LogP contribution is 2.29. The molecule has 1 unspecified atom stereocenters. The molecular weight excluding hydrogens is 366 g/mol. The van der Waals surface area contributed by atoms with E-state index >= 15 is 0 Å². The average Bonchev–Trinajstić information content (AvgIpc) is 2.57. The lowest BCUT2D eigenvalue weighted by atomic mass is 10.0. The van der Waals surface area contributed by atoms with E-state index in [9.17, 15) is 18.4 Å². The van der Waals surface area contributed by atoms with Crippen LogP contribution < -0.4 is 15.4 Å². The van der Waals surface area contributed by atoms with Crippen molar-refractivity contribution in [3.05, 3.63) is 59.1 Å². The van der Waals surface area contributed by atoms with Gasteiger partial charge in [-0.15, -0.1) is 0 Å². The molecule has 2 aromatic carbocycles. The van der Waals surface area contributed by atoms with Gasteiger partial charge >= 0.3 is 6.61 Å². The smallest absolute Gasteiger partial charge is 0.387 e. The van der Waals surface area contributed by atoms with Crippen LogP contribution in [0.2, 0.25) is 5.02 Å². The summed E-state index contributed by atoms with van der Waals surface area (Å²) in [4.78, 5) is 23.7. The van der Waals surface area contributed by atoms with E-state index in [2.05, 4.69) is 15.4 Å². The summed E-state index contributed by atoms with van der Waals surface area (Å²) in [6.07, 6.45) is -0.00347. The van der Waals surface area contributed by atoms with Gasteiger partial charge in [-0.1, -0.05) is 41.9 Å². The van der Waals surface area contributed by atoms with Gasteiger partial charge in [0.25, 0.3) is 0 Å². The van der Waals surface area contributed by atoms with E-state index in [0.29, 0.717) is 5.69 Å². The molecule has 0 aliphatic carbocycles. The van der Waals surface area contributed by atoms with Crippen LogP contribution in [0.1, 0.15) is 24.9 Å². The summed E-state index contributed by atoms with van der Waals surface area (Å²) in [5, 5.41) is 5.29. The number of rotatable bonds is 7. The van der Waals surface area contributed by atoms with E-state index in [1.54, 1.807) is 12.1 Å². The second-order valence-corrected chi connectivity index (χ2v) is 5.85. The van der Waals surface area contributed by atoms with E-state index in [0.717, 1.165) is 5.56 Å². The third-order valence-corrected chi connectivity index (χ3v) is 3.70. The molecule has 138 valence electrons. The Morgan fingerprint density at radius 1 is 1.15 bits per heavy atom. The van der Waals surface area contributed by atoms with E-state index in [1.165, 1.54) is 25.1 Å². The molecule has 8 heteroatoms. The van der Waals surface area contributed by atoms with E-state index in [4.69, 9.17) is 11.6 Å². The molecule has 5 nitrogen and oxygen atoms in total. The molecule has 2 aromatic rings. The second-order valence-electron chi connectivity index (χ2n) is 5.44. The fraction of sp³-hybridized carbons (Fsp3) is 0.222. The van der Waals surface area contributed by atoms with E-state index in [-0.39, 0.29) is 29.0 Å². The topological polar surface area (TPSA) is 67.4 Å². The number of alkyl halides is 2. The van der Waals surface area contributed by atoms with Crippen molar-refractivity contribution in [3.8, 4) is 5.75 Å². The summed E-state index contributed by atoms with van der Waals surface area (Å²) in [6.45, 7) is -1.62. The van der Waals surface area contributed by atoms with Crippen LogP contribution in [0.25, 0.3) is 0 Å². The lowest BCUT2D eigenvalue weighted by molar-refractivity contribution is -0.120. The minimum absolute atomic E-state index is 0.00347. The molecule has 1 atom stereocenters. The zero-order valence-corrected chi connectivity index (χ0v) is 14.6. The molecule has 0 saturated heterocycles. The van der Waals surface area contributed by atoms with Crippen LogP contribution in [0.15, 0.2) is 48.5 Å². The van der Waals surface area contributed by atoms with Crippen LogP contribution in [0.5, 0.6) is 5.75 Å². The van der Waals surface area contributed by atoms with Crippen molar-refractivity contribution in [1.82, 2.24) is 5.32 Å². The van der Waals surface area contributed by atoms with Crippen molar-refractivity contribution < 1.29 is 23.1 Å². The van der Waals surface area contributed by atoms with Gasteiger partial charge in [-0.05, 0) is 23.8 Å². The summed E-state index contributed by atoms with van der Waals surface area (Å²) in [7, 11) is 0. The van der Waals surface area contributed by atoms with Gasteiger partial charge in [-0.3, -0.25) is 9.59 Å². The largest absolute Gasteiger partial charge is 0.433 e. The fourth-order valence-corrected chi connectivity index (χ4v) is 2.58. The SMILES string of the molecule is CC(=O)NC(CC(=O)Nc1ccc(OC(F)F)c(Cl)c1)c1ccccc1. The summed E-state index contributed by atoms with van der Waals surface area (Å²) in [5.41, 5.74) is 1.12. The summed E-state index contributed by atoms with van der Waals surface area (Å²) < 4.78 is 28.7. The molecule has 2 amide bonds. The van der Waals surface area contributed by atoms with Crippen LogP contribution in [0.3, 0.4) is 0 Å².